The van der Waals surface area contributed by atoms with Gasteiger partial charge < -0.3 is 9.30 Å². The number of aryl methyl sites for hydroxylation is 1. The highest BCUT2D eigenvalue weighted by Gasteiger charge is 2.04. The number of hydrogen-bond donors (Lipinski definition) is 0. The predicted octanol–water partition coefficient (Wildman–Crippen LogP) is 5.58. The van der Waals surface area contributed by atoms with Crippen LogP contribution in [0.4, 0.5) is 0 Å². The normalized spacial score (nSPS) is 10.9. The summed E-state index contributed by atoms with van der Waals surface area (Å²) < 4.78 is 8.25. The Bertz CT molecular complexity index is 985. The molecule has 0 saturated heterocycles. The molecule has 0 radical (unpaired) electrons. The molecule has 1 aromatic heterocycles. The van der Waals surface area contributed by atoms with Crippen LogP contribution in [0.25, 0.3) is 10.9 Å². The third kappa shape index (κ3) is 3.58. The Balaban J connectivity index is 1.51. The summed E-state index contributed by atoms with van der Waals surface area (Å²) in [6.45, 7) is 3.58. The third-order valence-corrected chi connectivity index (χ3v) is 4.43. The Morgan fingerprint density at radius 2 is 1.64 bits per heavy atom. The molecule has 0 bridgehead atoms. The van der Waals surface area contributed by atoms with Crippen molar-refractivity contribution in [3.05, 3.63) is 102 Å². The Hall–Kier alpha value is -3.00. The summed E-state index contributed by atoms with van der Waals surface area (Å²) >= 11 is 0. The molecule has 0 unspecified atom stereocenters. The van der Waals surface area contributed by atoms with E-state index in [9.17, 15) is 0 Å². The summed E-state index contributed by atoms with van der Waals surface area (Å²) in [5.74, 6) is 0.909. The number of hydrogen-bond acceptors (Lipinski definition) is 1. The lowest BCUT2D eigenvalue weighted by Gasteiger charge is -2.09. The first-order chi connectivity index (χ1) is 12.3. The highest BCUT2D eigenvalue weighted by molar-refractivity contribution is 5.81. The molecule has 0 aliphatic carbocycles. The van der Waals surface area contributed by atoms with Crippen LogP contribution in [0.5, 0.6) is 5.75 Å². The van der Waals surface area contributed by atoms with Gasteiger partial charge in [-0.3, -0.25) is 0 Å². The standard InChI is InChI=1S/C23H21NO/c1-18-6-5-9-20(14-18)17-25-22-10-11-23-21(15-22)12-13-24(23)16-19-7-3-2-4-8-19/h2-15H,16-17H2,1H3. The maximum atomic E-state index is 5.97. The average Bonchev–Trinajstić information content (AvgIpc) is 3.03. The van der Waals surface area contributed by atoms with Gasteiger partial charge in [0, 0.05) is 23.6 Å². The van der Waals surface area contributed by atoms with E-state index in [4.69, 9.17) is 4.74 Å². The van der Waals surface area contributed by atoms with Crippen LogP contribution in [0.1, 0.15) is 16.7 Å². The second kappa shape index (κ2) is 6.86. The van der Waals surface area contributed by atoms with Crippen LogP contribution in [0.3, 0.4) is 0 Å². The van der Waals surface area contributed by atoms with Gasteiger partial charge in [0.1, 0.15) is 12.4 Å². The lowest BCUT2D eigenvalue weighted by atomic mass is 10.1. The molecule has 0 amide bonds. The van der Waals surface area contributed by atoms with Gasteiger partial charge in [-0.1, -0.05) is 60.2 Å². The lowest BCUT2D eigenvalue weighted by molar-refractivity contribution is 0.306. The zero-order chi connectivity index (χ0) is 17.1. The minimum Gasteiger partial charge on any atom is -0.489 e. The number of rotatable bonds is 5. The fourth-order valence-electron chi connectivity index (χ4n) is 3.15. The van der Waals surface area contributed by atoms with E-state index in [1.165, 1.54) is 27.6 Å². The van der Waals surface area contributed by atoms with Crippen LogP contribution in [-0.2, 0) is 13.2 Å². The van der Waals surface area contributed by atoms with Crippen molar-refractivity contribution in [3.63, 3.8) is 0 Å². The molecule has 25 heavy (non-hydrogen) atoms. The summed E-state index contributed by atoms with van der Waals surface area (Å²) in [4.78, 5) is 0. The minimum atomic E-state index is 0.595. The van der Waals surface area contributed by atoms with Crippen LogP contribution in [0.15, 0.2) is 85.1 Å². The van der Waals surface area contributed by atoms with Gasteiger partial charge in [-0.2, -0.15) is 0 Å². The molecule has 0 spiro atoms. The van der Waals surface area contributed by atoms with E-state index < -0.39 is 0 Å². The monoisotopic (exact) mass is 327 g/mol. The van der Waals surface area contributed by atoms with E-state index in [0.717, 1.165) is 12.3 Å². The number of nitrogens with zero attached hydrogens (tertiary/aromatic N) is 1. The van der Waals surface area contributed by atoms with E-state index in [1.807, 2.05) is 0 Å². The van der Waals surface area contributed by atoms with Crippen LogP contribution in [0.2, 0.25) is 0 Å². The van der Waals surface area contributed by atoms with E-state index in [0.29, 0.717) is 6.61 Å². The van der Waals surface area contributed by atoms with Crippen molar-refractivity contribution in [2.24, 2.45) is 0 Å². The van der Waals surface area contributed by atoms with Crippen molar-refractivity contribution in [2.45, 2.75) is 20.1 Å². The molecule has 0 saturated carbocycles. The summed E-state index contributed by atoms with van der Waals surface area (Å²) in [7, 11) is 0. The molecule has 124 valence electrons. The predicted molar refractivity (Wildman–Crippen MR) is 103 cm³/mol. The Morgan fingerprint density at radius 1 is 0.800 bits per heavy atom. The second-order valence-electron chi connectivity index (χ2n) is 6.43. The van der Waals surface area contributed by atoms with Gasteiger partial charge in [0.25, 0.3) is 0 Å². The van der Waals surface area contributed by atoms with Gasteiger partial charge >= 0.3 is 0 Å². The van der Waals surface area contributed by atoms with E-state index in [-0.39, 0.29) is 0 Å². The largest absolute Gasteiger partial charge is 0.489 e. The minimum absolute atomic E-state index is 0.595. The van der Waals surface area contributed by atoms with Gasteiger partial charge in [0.05, 0.1) is 0 Å². The Kier molecular flexibility index (Phi) is 4.26. The van der Waals surface area contributed by atoms with Gasteiger partial charge in [-0.25, -0.2) is 0 Å². The number of aromatic nitrogens is 1. The molecule has 4 aromatic rings. The van der Waals surface area contributed by atoms with Crippen LogP contribution >= 0.6 is 0 Å². The van der Waals surface area contributed by atoms with Gasteiger partial charge in [0.2, 0.25) is 0 Å². The summed E-state index contributed by atoms with van der Waals surface area (Å²) in [6.07, 6.45) is 2.14. The summed E-state index contributed by atoms with van der Waals surface area (Å²) in [5, 5.41) is 1.21. The SMILES string of the molecule is Cc1cccc(COc2ccc3c(ccn3Cc3ccccc3)c2)c1. The van der Waals surface area contributed by atoms with Gasteiger partial charge in [-0.15, -0.1) is 0 Å². The van der Waals surface area contributed by atoms with Crippen molar-refractivity contribution in [1.82, 2.24) is 4.57 Å². The maximum Gasteiger partial charge on any atom is 0.120 e. The number of ether oxygens (including phenoxy) is 1. The molecule has 0 aliphatic rings. The molecule has 0 atom stereocenters. The van der Waals surface area contributed by atoms with Crippen molar-refractivity contribution >= 4 is 10.9 Å². The lowest BCUT2D eigenvalue weighted by Crippen LogP contribution is -1.98. The van der Waals surface area contributed by atoms with Crippen molar-refractivity contribution in [1.29, 1.82) is 0 Å². The van der Waals surface area contributed by atoms with Crippen molar-refractivity contribution < 1.29 is 4.74 Å². The van der Waals surface area contributed by atoms with Crippen LogP contribution in [0, 0.1) is 6.92 Å². The fraction of sp³-hybridized carbons (Fsp3) is 0.130. The van der Waals surface area contributed by atoms with Gasteiger partial charge in [0.15, 0.2) is 0 Å². The average molecular weight is 327 g/mol. The number of fused-ring (bicyclic) bond motifs is 1. The number of benzene rings is 3. The van der Waals surface area contributed by atoms with Crippen LogP contribution in [-0.4, -0.2) is 4.57 Å². The molecular formula is C23H21NO. The molecule has 3 aromatic carbocycles. The topological polar surface area (TPSA) is 14.2 Å². The van der Waals surface area contributed by atoms with Crippen molar-refractivity contribution in [3.8, 4) is 5.75 Å². The zero-order valence-electron chi connectivity index (χ0n) is 14.4. The summed E-state index contributed by atoms with van der Waals surface area (Å²) in [5.41, 5.74) is 4.99. The second-order valence-corrected chi connectivity index (χ2v) is 6.43. The molecule has 1 heterocycles. The van der Waals surface area contributed by atoms with E-state index >= 15 is 0 Å². The Labute approximate surface area is 148 Å². The van der Waals surface area contributed by atoms with Crippen LogP contribution < -0.4 is 4.74 Å². The third-order valence-electron chi connectivity index (χ3n) is 4.43. The quantitative estimate of drug-likeness (QED) is 0.467. The molecule has 2 heteroatoms. The highest BCUT2D eigenvalue weighted by Crippen LogP contribution is 2.23. The van der Waals surface area contributed by atoms with Crippen molar-refractivity contribution in [2.75, 3.05) is 0 Å². The fourth-order valence-corrected chi connectivity index (χ4v) is 3.15. The maximum absolute atomic E-state index is 5.97. The van der Waals surface area contributed by atoms with Gasteiger partial charge in [-0.05, 0) is 42.3 Å². The molecule has 2 nitrogen and oxygen atoms in total. The molecular weight excluding hydrogens is 306 g/mol. The first-order valence-electron chi connectivity index (χ1n) is 8.59. The van der Waals surface area contributed by atoms with E-state index in [1.54, 1.807) is 0 Å². The summed E-state index contributed by atoms with van der Waals surface area (Å²) in [6, 6.07) is 27.4. The first-order valence-corrected chi connectivity index (χ1v) is 8.59. The molecule has 0 fully saturated rings. The zero-order valence-corrected chi connectivity index (χ0v) is 14.4. The molecule has 0 N–H and O–H groups in total. The molecule has 4 rings (SSSR count). The Morgan fingerprint density at radius 3 is 2.48 bits per heavy atom. The van der Waals surface area contributed by atoms with E-state index in [2.05, 4.69) is 96.6 Å². The smallest absolute Gasteiger partial charge is 0.120 e. The highest BCUT2D eigenvalue weighted by atomic mass is 16.5. The first kappa shape index (κ1) is 15.5. The molecule has 0 aliphatic heterocycles.